The highest BCUT2D eigenvalue weighted by Gasteiger charge is 2.27. The summed E-state index contributed by atoms with van der Waals surface area (Å²) in [6, 6.07) is 19.1. The van der Waals surface area contributed by atoms with Crippen molar-refractivity contribution in [3.63, 3.8) is 0 Å². The number of hydrogen-bond donors (Lipinski definition) is 3. The molecule has 0 radical (unpaired) electrons. The molecule has 0 aliphatic carbocycles. The van der Waals surface area contributed by atoms with Crippen LogP contribution in [0, 0.1) is 0 Å². The van der Waals surface area contributed by atoms with Crippen molar-refractivity contribution in [3.05, 3.63) is 82.7 Å². The first-order chi connectivity index (χ1) is 13.7. The van der Waals surface area contributed by atoms with Gasteiger partial charge in [0, 0.05) is 41.6 Å². The molecule has 5 nitrogen and oxygen atoms in total. The highest BCUT2D eigenvalue weighted by molar-refractivity contribution is 9.10. The third kappa shape index (κ3) is 4.34. The maximum Gasteiger partial charge on any atom is 0.149 e. The normalized spacial score (nSPS) is 17.7. The Hall–Kier alpha value is -2.44. The minimum atomic E-state index is 0.154. The predicted octanol–water partition coefficient (Wildman–Crippen LogP) is 4.58. The Kier molecular flexibility index (Phi) is 5.88. The Balaban J connectivity index is 1.51. The van der Waals surface area contributed by atoms with Gasteiger partial charge in [-0.3, -0.25) is 4.98 Å². The largest absolute Gasteiger partial charge is 0.380 e. The molecule has 4 rings (SSSR count). The van der Waals surface area contributed by atoms with E-state index >= 15 is 0 Å². The molecule has 3 aromatic rings. The summed E-state index contributed by atoms with van der Waals surface area (Å²) in [5, 5.41) is 10.9. The van der Waals surface area contributed by atoms with Crippen molar-refractivity contribution in [2.75, 3.05) is 23.7 Å². The lowest BCUT2D eigenvalue weighted by molar-refractivity contribution is 0.451. The van der Waals surface area contributed by atoms with Gasteiger partial charge in [0.25, 0.3) is 0 Å². The van der Waals surface area contributed by atoms with Gasteiger partial charge in [-0.2, -0.15) is 0 Å². The van der Waals surface area contributed by atoms with Gasteiger partial charge in [0.05, 0.1) is 17.8 Å². The number of pyridine rings is 2. The van der Waals surface area contributed by atoms with Gasteiger partial charge in [-0.1, -0.05) is 37.3 Å². The number of aromatic nitrogens is 2. The second-order valence-electron chi connectivity index (χ2n) is 7.13. The van der Waals surface area contributed by atoms with Crippen LogP contribution < -0.4 is 16.0 Å². The zero-order valence-corrected chi connectivity index (χ0v) is 17.4. The molecule has 1 aliphatic heterocycles. The van der Waals surface area contributed by atoms with E-state index in [1.54, 1.807) is 0 Å². The average Bonchev–Trinajstić information content (AvgIpc) is 2.75. The molecule has 1 aliphatic rings. The number of fused-ring (bicyclic) bond motifs is 1. The molecule has 0 fully saturated rings. The number of hydrogen-bond acceptors (Lipinski definition) is 5. The molecule has 0 saturated heterocycles. The van der Waals surface area contributed by atoms with E-state index in [2.05, 4.69) is 91.2 Å². The summed E-state index contributed by atoms with van der Waals surface area (Å²) >= 11 is 3.45. The van der Waals surface area contributed by atoms with Crippen LogP contribution in [0.1, 0.15) is 30.1 Å². The van der Waals surface area contributed by atoms with Crippen LogP contribution in [-0.2, 0) is 0 Å². The summed E-state index contributed by atoms with van der Waals surface area (Å²) in [5.74, 6) is 1.21. The van der Waals surface area contributed by atoms with Crippen molar-refractivity contribution in [1.29, 1.82) is 0 Å². The fourth-order valence-corrected chi connectivity index (χ4v) is 3.79. The maximum atomic E-state index is 4.55. The highest BCUT2D eigenvalue weighted by Crippen LogP contribution is 2.28. The van der Waals surface area contributed by atoms with Gasteiger partial charge in [-0.05, 0) is 45.8 Å². The maximum absolute atomic E-state index is 4.55. The highest BCUT2D eigenvalue weighted by atomic mass is 79.9. The minimum absolute atomic E-state index is 0.154. The fourth-order valence-electron chi connectivity index (χ4n) is 3.55. The molecular formula is C22H24BrN5. The van der Waals surface area contributed by atoms with Crippen molar-refractivity contribution < 1.29 is 0 Å². The molecule has 28 heavy (non-hydrogen) atoms. The Morgan fingerprint density at radius 3 is 2.75 bits per heavy atom. The van der Waals surface area contributed by atoms with E-state index in [0.29, 0.717) is 5.92 Å². The second kappa shape index (κ2) is 8.71. The number of halogens is 1. The number of benzene rings is 1. The van der Waals surface area contributed by atoms with Crippen molar-refractivity contribution in [1.82, 2.24) is 15.3 Å². The summed E-state index contributed by atoms with van der Waals surface area (Å²) in [7, 11) is 0. The standard InChI is InChI=1S/C22H24BrN5/c1-15(18-10-9-17(23)13-25-18)12-27-21(16-6-3-2-4-7-16)20-14-26-19-8-5-11-24-22(19)28-20/h2-11,13,15,20-21,26-27H,12,14H2,1H3,(H,24,28)/t15?,20-,21-/m1/s1. The lowest BCUT2D eigenvalue weighted by Crippen LogP contribution is -2.45. The molecule has 2 aromatic heterocycles. The van der Waals surface area contributed by atoms with E-state index in [1.165, 1.54) is 5.56 Å². The van der Waals surface area contributed by atoms with E-state index in [1.807, 2.05) is 24.5 Å². The molecule has 0 amide bonds. The molecule has 1 aromatic carbocycles. The van der Waals surface area contributed by atoms with Crippen LogP contribution in [0.25, 0.3) is 0 Å². The van der Waals surface area contributed by atoms with Crippen molar-refractivity contribution in [3.8, 4) is 0 Å². The number of nitrogens with zero attached hydrogens (tertiary/aromatic N) is 2. The van der Waals surface area contributed by atoms with Gasteiger partial charge in [0.2, 0.25) is 0 Å². The van der Waals surface area contributed by atoms with E-state index in [-0.39, 0.29) is 12.1 Å². The summed E-state index contributed by atoms with van der Waals surface area (Å²) < 4.78 is 1.00. The fraction of sp³-hybridized carbons (Fsp3) is 0.273. The SMILES string of the molecule is CC(CN[C@H](c1ccccc1)[C@H]1CNc2cccnc2N1)c1ccc(Br)cn1. The van der Waals surface area contributed by atoms with Gasteiger partial charge < -0.3 is 16.0 Å². The summed E-state index contributed by atoms with van der Waals surface area (Å²) in [5.41, 5.74) is 3.40. The van der Waals surface area contributed by atoms with E-state index in [4.69, 9.17) is 0 Å². The van der Waals surface area contributed by atoms with Crippen molar-refractivity contribution >= 4 is 27.4 Å². The smallest absolute Gasteiger partial charge is 0.149 e. The van der Waals surface area contributed by atoms with Gasteiger partial charge in [-0.25, -0.2) is 4.98 Å². The number of nitrogens with one attached hydrogen (secondary N) is 3. The second-order valence-corrected chi connectivity index (χ2v) is 8.05. The minimum Gasteiger partial charge on any atom is -0.380 e. The number of anilines is 2. The Morgan fingerprint density at radius 2 is 1.96 bits per heavy atom. The quantitative estimate of drug-likeness (QED) is 0.526. The molecular weight excluding hydrogens is 414 g/mol. The summed E-state index contributed by atoms with van der Waals surface area (Å²) in [4.78, 5) is 9.03. The predicted molar refractivity (Wildman–Crippen MR) is 118 cm³/mol. The van der Waals surface area contributed by atoms with Crippen molar-refractivity contribution in [2.45, 2.75) is 24.9 Å². The van der Waals surface area contributed by atoms with E-state index < -0.39 is 0 Å². The van der Waals surface area contributed by atoms with Crippen LogP contribution in [0.15, 0.2) is 71.5 Å². The lowest BCUT2D eigenvalue weighted by atomic mass is 9.96. The topological polar surface area (TPSA) is 61.9 Å². The van der Waals surface area contributed by atoms with Crippen LogP contribution in [0.4, 0.5) is 11.5 Å². The van der Waals surface area contributed by atoms with E-state index in [9.17, 15) is 0 Å². The Bertz CT molecular complexity index is 900. The lowest BCUT2D eigenvalue weighted by Gasteiger charge is -2.34. The molecule has 0 saturated carbocycles. The molecule has 144 valence electrons. The average molecular weight is 438 g/mol. The van der Waals surface area contributed by atoms with Crippen LogP contribution in [-0.4, -0.2) is 29.1 Å². The van der Waals surface area contributed by atoms with Crippen molar-refractivity contribution in [2.24, 2.45) is 0 Å². The molecule has 3 atom stereocenters. The monoisotopic (exact) mass is 437 g/mol. The van der Waals surface area contributed by atoms with E-state index in [0.717, 1.165) is 34.8 Å². The Morgan fingerprint density at radius 1 is 1.11 bits per heavy atom. The molecule has 0 spiro atoms. The molecule has 0 bridgehead atoms. The van der Waals surface area contributed by atoms with Crippen LogP contribution in [0.2, 0.25) is 0 Å². The third-order valence-corrected chi connectivity index (χ3v) is 5.57. The van der Waals surface area contributed by atoms with Gasteiger partial charge in [-0.15, -0.1) is 0 Å². The molecule has 6 heteroatoms. The zero-order chi connectivity index (χ0) is 19.3. The first kappa shape index (κ1) is 18.9. The molecule has 3 N–H and O–H groups in total. The van der Waals surface area contributed by atoms with Crippen LogP contribution >= 0.6 is 15.9 Å². The van der Waals surface area contributed by atoms with Crippen LogP contribution in [0.3, 0.4) is 0 Å². The third-order valence-electron chi connectivity index (χ3n) is 5.10. The first-order valence-corrected chi connectivity index (χ1v) is 10.3. The van der Waals surface area contributed by atoms with Gasteiger partial charge in [0.1, 0.15) is 5.82 Å². The van der Waals surface area contributed by atoms with Gasteiger partial charge >= 0.3 is 0 Å². The zero-order valence-electron chi connectivity index (χ0n) is 15.8. The Labute approximate surface area is 174 Å². The molecule has 1 unspecified atom stereocenters. The summed E-state index contributed by atoms with van der Waals surface area (Å²) in [6.07, 6.45) is 3.68. The number of rotatable bonds is 6. The van der Waals surface area contributed by atoms with Crippen LogP contribution in [0.5, 0.6) is 0 Å². The summed E-state index contributed by atoms with van der Waals surface area (Å²) in [6.45, 7) is 3.87. The van der Waals surface area contributed by atoms with Gasteiger partial charge in [0.15, 0.2) is 0 Å². The first-order valence-electron chi connectivity index (χ1n) is 9.56. The molecule has 3 heterocycles.